The highest BCUT2D eigenvalue weighted by molar-refractivity contribution is 7.89. The quantitative estimate of drug-likeness (QED) is 0.280. The van der Waals surface area contributed by atoms with Crippen molar-refractivity contribution in [2.45, 2.75) is 49.1 Å². The van der Waals surface area contributed by atoms with E-state index in [1.807, 2.05) is 37.2 Å². The molecule has 0 aliphatic carbocycles. The summed E-state index contributed by atoms with van der Waals surface area (Å²) in [5.74, 6) is -0.237. The number of benzene rings is 2. The Bertz CT molecular complexity index is 1860. The molecule has 3 saturated heterocycles. The highest BCUT2D eigenvalue weighted by atomic mass is 32.2. The van der Waals surface area contributed by atoms with Crippen molar-refractivity contribution < 1.29 is 31.2 Å². The maximum atomic E-state index is 13.6. The van der Waals surface area contributed by atoms with Crippen molar-refractivity contribution in [2.75, 3.05) is 75.0 Å². The molecule has 3 aliphatic rings. The molecular formula is C34H43F3N10O4S. The second-order valence-electron chi connectivity index (χ2n) is 13.4. The molecule has 0 saturated carbocycles. The smallest absolute Gasteiger partial charge is 0.377 e. The number of nitrogens with one attached hydrogen (secondary N) is 2. The average molecular weight is 745 g/mol. The van der Waals surface area contributed by atoms with Gasteiger partial charge in [0, 0.05) is 108 Å². The molecule has 280 valence electrons. The van der Waals surface area contributed by atoms with Crippen molar-refractivity contribution in [3.8, 4) is 0 Å². The number of piperidine rings is 1. The number of hydrogen-bond donors (Lipinski definition) is 3. The normalized spacial score (nSPS) is 19.0. The van der Waals surface area contributed by atoms with Crippen LogP contribution in [0.4, 0.5) is 35.3 Å². The number of halogens is 3. The van der Waals surface area contributed by atoms with Gasteiger partial charge in [-0.25, -0.2) is 23.2 Å². The number of nitrogens with two attached hydrogens (primary N) is 1. The summed E-state index contributed by atoms with van der Waals surface area (Å²) in [6, 6.07) is 12.3. The Morgan fingerprint density at radius 2 is 1.67 bits per heavy atom. The number of amides is 3. The van der Waals surface area contributed by atoms with Gasteiger partial charge in [-0.1, -0.05) is 18.2 Å². The van der Waals surface area contributed by atoms with Crippen LogP contribution in [0.1, 0.15) is 42.1 Å². The summed E-state index contributed by atoms with van der Waals surface area (Å²) in [5.41, 5.74) is 9.16. The molecule has 3 aromatic rings. The van der Waals surface area contributed by atoms with Gasteiger partial charge in [0.15, 0.2) is 0 Å². The molecule has 0 spiro atoms. The number of carbonyl (C=O) groups is 2. The summed E-state index contributed by atoms with van der Waals surface area (Å²) >= 11 is 0. The van der Waals surface area contributed by atoms with Gasteiger partial charge in [0.05, 0.1) is 10.5 Å². The van der Waals surface area contributed by atoms with Crippen molar-refractivity contribution in [1.29, 1.82) is 0 Å². The van der Waals surface area contributed by atoms with E-state index in [0.29, 0.717) is 19.4 Å². The predicted molar refractivity (Wildman–Crippen MR) is 189 cm³/mol. The molecule has 3 fully saturated rings. The number of aromatic nitrogens is 2. The van der Waals surface area contributed by atoms with Gasteiger partial charge in [-0.2, -0.15) is 17.5 Å². The Kier molecular flexibility index (Phi) is 10.9. The first-order valence-corrected chi connectivity index (χ1v) is 18.5. The molecule has 0 bridgehead atoms. The molecule has 4 N–H and O–H groups in total. The zero-order chi connectivity index (χ0) is 37.2. The second-order valence-corrected chi connectivity index (χ2v) is 15.3. The molecule has 52 heavy (non-hydrogen) atoms. The number of urea groups is 1. The van der Waals surface area contributed by atoms with E-state index in [0.717, 1.165) is 61.1 Å². The first-order chi connectivity index (χ1) is 24.7. The summed E-state index contributed by atoms with van der Waals surface area (Å²) in [6.07, 6.45) is -2.67. The highest BCUT2D eigenvalue weighted by Gasteiger charge is 2.33. The number of rotatable bonds is 10. The minimum atomic E-state index is -4.52. The lowest BCUT2D eigenvalue weighted by Gasteiger charge is -2.37. The topological polar surface area (TPSA) is 160 Å². The van der Waals surface area contributed by atoms with Crippen LogP contribution in [0.2, 0.25) is 0 Å². The minimum Gasteiger partial charge on any atom is -0.377 e. The molecule has 1 unspecified atom stereocenters. The average Bonchev–Trinajstić information content (AvgIpc) is 3.12. The van der Waals surface area contributed by atoms with E-state index < -0.39 is 34.0 Å². The van der Waals surface area contributed by atoms with Gasteiger partial charge < -0.3 is 25.8 Å². The highest BCUT2D eigenvalue weighted by Crippen LogP contribution is 2.33. The van der Waals surface area contributed by atoms with Crippen LogP contribution >= 0.6 is 0 Å². The molecule has 18 heteroatoms. The molecule has 1 aromatic heterocycles. The molecule has 3 amide bonds. The van der Waals surface area contributed by atoms with Crippen molar-refractivity contribution in [2.24, 2.45) is 5.73 Å². The Labute approximate surface area is 300 Å². The number of imide groups is 1. The molecule has 1 atom stereocenters. The number of nitrogens with zero attached hydrogens (tertiary/aromatic N) is 7. The molecule has 3 aliphatic heterocycles. The summed E-state index contributed by atoms with van der Waals surface area (Å²) in [6.45, 7) is 4.39. The number of piperazine rings is 1. The maximum Gasteiger partial charge on any atom is 0.419 e. The minimum absolute atomic E-state index is 0.0733. The van der Waals surface area contributed by atoms with Crippen LogP contribution < -0.4 is 26.2 Å². The van der Waals surface area contributed by atoms with Crippen molar-refractivity contribution >= 4 is 39.3 Å². The van der Waals surface area contributed by atoms with Crippen LogP contribution in [0.15, 0.2) is 59.8 Å². The molecule has 2 aromatic carbocycles. The number of anilines is 3. The molecule has 14 nitrogen and oxygen atoms in total. The zero-order valence-electron chi connectivity index (χ0n) is 29.0. The predicted octanol–water partition coefficient (Wildman–Crippen LogP) is 3.05. The molecule has 4 heterocycles. The van der Waals surface area contributed by atoms with Crippen LogP contribution in [0.5, 0.6) is 0 Å². The summed E-state index contributed by atoms with van der Waals surface area (Å²) in [5, 5.41) is 5.35. The Hall–Kier alpha value is -4.52. The van der Waals surface area contributed by atoms with E-state index in [9.17, 15) is 31.2 Å². The van der Waals surface area contributed by atoms with Crippen molar-refractivity contribution in [3.05, 3.63) is 71.5 Å². The van der Waals surface area contributed by atoms with E-state index in [4.69, 9.17) is 5.73 Å². The molecular weight excluding hydrogens is 702 g/mol. The van der Waals surface area contributed by atoms with Crippen molar-refractivity contribution in [1.82, 2.24) is 29.4 Å². The number of carbonyl (C=O) groups excluding carboxylic acids is 2. The lowest BCUT2D eigenvalue weighted by Crippen LogP contribution is -2.52. The van der Waals surface area contributed by atoms with Crippen LogP contribution in [0.25, 0.3) is 0 Å². The van der Waals surface area contributed by atoms with Crippen LogP contribution in [0, 0.1) is 0 Å². The Morgan fingerprint density at radius 1 is 0.981 bits per heavy atom. The first kappa shape index (κ1) is 37.2. The number of alkyl halides is 3. The lowest BCUT2D eigenvalue weighted by molar-refractivity contribution is -0.138. The number of sulfonamides is 1. The lowest BCUT2D eigenvalue weighted by atomic mass is 10.1. The second kappa shape index (κ2) is 15.2. The van der Waals surface area contributed by atoms with E-state index >= 15 is 0 Å². The van der Waals surface area contributed by atoms with E-state index in [1.54, 1.807) is 18.2 Å². The fraction of sp³-hybridized carbons (Fsp3) is 0.471. The Morgan fingerprint density at radius 3 is 2.31 bits per heavy atom. The van der Waals surface area contributed by atoms with Gasteiger partial charge in [-0.3, -0.25) is 15.0 Å². The van der Waals surface area contributed by atoms with Crippen LogP contribution in [-0.4, -0.2) is 110 Å². The Balaban J connectivity index is 1.02. The third-order valence-corrected chi connectivity index (χ3v) is 11.6. The van der Waals surface area contributed by atoms with E-state index in [-0.39, 0.29) is 48.8 Å². The first-order valence-electron chi connectivity index (χ1n) is 17.1. The van der Waals surface area contributed by atoms with Gasteiger partial charge in [0.1, 0.15) is 6.17 Å². The number of hydrogen-bond acceptors (Lipinski definition) is 11. The fourth-order valence-corrected chi connectivity index (χ4v) is 8.26. The standard InChI is InChI=1S/C34H43F3N10O4S/c1-43(2)29-19-26(6-7-28(29)31(38)47-13-10-30(48)42-33(47)49)45-16-14-44(15-17-45)22-23-4-3-5-27(18-23)52(50,51)46-11-8-25(9-12-46)41-32-39-20-24(21-40-32)34(35,36)37/h3-7,18-21,25,31H,8-17,22,38H2,1-2H3,(H,39,40,41)(H,42,48,49). The van der Waals surface area contributed by atoms with Crippen molar-refractivity contribution in [3.63, 3.8) is 0 Å². The van der Waals surface area contributed by atoms with E-state index in [1.165, 1.54) is 9.21 Å². The van der Waals surface area contributed by atoms with Crippen LogP contribution in [-0.2, 0) is 27.5 Å². The molecule has 0 radical (unpaired) electrons. The third kappa shape index (κ3) is 8.40. The summed E-state index contributed by atoms with van der Waals surface area (Å²) < 4.78 is 67.1. The monoisotopic (exact) mass is 744 g/mol. The third-order valence-electron chi connectivity index (χ3n) is 9.68. The summed E-state index contributed by atoms with van der Waals surface area (Å²) in [7, 11) is 0.0866. The van der Waals surface area contributed by atoms with Crippen LogP contribution in [0.3, 0.4) is 0 Å². The SMILES string of the molecule is CN(C)c1cc(N2CCN(Cc3cccc(S(=O)(=O)N4CCC(Nc5ncc(C(F)(F)F)cn5)CC4)c3)CC2)ccc1C(N)N1CCC(=O)NC1=O. The van der Waals surface area contributed by atoms with Gasteiger partial charge in [0.25, 0.3) is 0 Å². The van der Waals surface area contributed by atoms with E-state index in [2.05, 4.69) is 36.5 Å². The zero-order valence-corrected chi connectivity index (χ0v) is 29.8. The van der Waals surface area contributed by atoms with Gasteiger partial charge in [-0.05, 0) is 42.7 Å². The van der Waals surface area contributed by atoms with Gasteiger partial charge >= 0.3 is 12.2 Å². The fourth-order valence-electron chi connectivity index (χ4n) is 6.72. The molecule has 6 rings (SSSR count). The summed E-state index contributed by atoms with van der Waals surface area (Å²) in [4.78, 5) is 39.8. The van der Waals surface area contributed by atoms with Gasteiger partial charge in [0.2, 0.25) is 21.9 Å². The van der Waals surface area contributed by atoms with Gasteiger partial charge in [-0.15, -0.1) is 0 Å². The largest absolute Gasteiger partial charge is 0.419 e. The maximum absolute atomic E-state index is 13.6.